The zero-order valence-corrected chi connectivity index (χ0v) is 14.1. The molecule has 3 nitrogen and oxygen atoms in total. The fraction of sp³-hybridized carbons (Fsp3) is 0.278. The van der Waals surface area contributed by atoms with E-state index in [0.29, 0.717) is 11.7 Å². The third kappa shape index (κ3) is 4.74. The molecule has 0 aliphatic rings. The van der Waals surface area contributed by atoms with E-state index < -0.39 is 0 Å². The maximum absolute atomic E-state index is 5.45. The van der Waals surface area contributed by atoms with Crippen LogP contribution in [0.4, 0.5) is 5.69 Å². The van der Waals surface area contributed by atoms with E-state index in [1.807, 2.05) is 43.1 Å². The van der Waals surface area contributed by atoms with Crippen molar-refractivity contribution >= 4 is 23.0 Å². The van der Waals surface area contributed by atoms with Crippen molar-refractivity contribution in [3.63, 3.8) is 0 Å². The zero-order valence-electron chi connectivity index (χ0n) is 13.3. The van der Waals surface area contributed by atoms with Crippen LogP contribution in [-0.2, 0) is 6.54 Å². The second kappa shape index (κ2) is 7.80. The molecule has 4 heteroatoms. The maximum Gasteiger partial charge on any atom is 0.173 e. The second-order valence-electron chi connectivity index (χ2n) is 5.23. The first-order chi connectivity index (χ1) is 10.6. The van der Waals surface area contributed by atoms with Gasteiger partial charge in [0.2, 0.25) is 0 Å². The minimum Gasteiger partial charge on any atom is -0.494 e. The number of ether oxygens (including phenoxy) is 1. The molecule has 0 amide bonds. The molecule has 0 aromatic heterocycles. The Morgan fingerprint density at radius 1 is 1.09 bits per heavy atom. The number of nitrogens with zero attached hydrogens (tertiary/aromatic N) is 1. The minimum atomic E-state index is 0.684. The summed E-state index contributed by atoms with van der Waals surface area (Å²) in [6.45, 7) is 5.49. The summed E-state index contributed by atoms with van der Waals surface area (Å²) in [5.74, 6) is 0.897. The summed E-state index contributed by atoms with van der Waals surface area (Å²) in [6.07, 6.45) is 0. The van der Waals surface area contributed by atoms with Gasteiger partial charge >= 0.3 is 0 Å². The van der Waals surface area contributed by atoms with Gasteiger partial charge in [-0.2, -0.15) is 0 Å². The first kappa shape index (κ1) is 16.3. The fourth-order valence-corrected chi connectivity index (χ4v) is 2.24. The van der Waals surface area contributed by atoms with Crippen molar-refractivity contribution in [3.05, 3.63) is 59.7 Å². The summed E-state index contributed by atoms with van der Waals surface area (Å²) in [4.78, 5) is 2.02. The molecule has 0 fully saturated rings. The molecule has 22 heavy (non-hydrogen) atoms. The van der Waals surface area contributed by atoms with Gasteiger partial charge in [-0.05, 0) is 55.9 Å². The van der Waals surface area contributed by atoms with Gasteiger partial charge < -0.3 is 15.0 Å². The number of hydrogen-bond acceptors (Lipinski definition) is 2. The van der Waals surface area contributed by atoms with Crippen molar-refractivity contribution in [1.82, 2.24) is 4.90 Å². The van der Waals surface area contributed by atoms with E-state index in [2.05, 4.69) is 36.5 Å². The molecule has 0 spiro atoms. The van der Waals surface area contributed by atoms with E-state index in [1.165, 1.54) is 11.1 Å². The summed E-state index contributed by atoms with van der Waals surface area (Å²) in [5, 5.41) is 3.96. The van der Waals surface area contributed by atoms with Crippen molar-refractivity contribution in [1.29, 1.82) is 0 Å². The lowest BCUT2D eigenvalue weighted by atomic mass is 10.2. The molecule has 116 valence electrons. The van der Waals surface area contributed by atoms with E-state index in [-0.39, 0.29) is 0 Å². The Balaban J connectivity index is 1.91. The number of aryl methyl sites for hydroxylation is 1. The average Bonchev–Trinajstić information content (AvgIpc) is 2.51. The highest BCUT2D eigenvalue weighted by Gasteiger charge is 2.06. The molecule has 0 saturated heterocycles. The number of nitrogens with one attached hydrogen (secondary N) is 1. The minimum absolute atomic E-state index is 0.684. The Kier molecular flexibility index (Phi) is 5.78. The monoisotopic (exact) mass is 314 g/mol. The van der Waals surface area contributed by atoms with Gasteiger partial charge in [-0.3, -0.25) is 0 Å². The molecule has 0 heterocycles. The molecule has 0 aliphatic heterocycles. The Morgan fingerprint density at radius 2 is 1.73 bits per heavy atom. The smallest absolute Gasteiger partial charge is 0.173 e. The van der Waals surface area contributed by atoms with Crippen LogP contribution in [0.1, 0.15) is 18.1 Å². The van der Waals surface area contributed by atoms with Gasteiger partial charge in [-0.25, -0.2) is 0 Å². The van der Waals surface area contributed by atoms with Gasteiger partial charge in [0, 0.05) is 19.3 Å². The van der Waals surface area contributed by atoms with Crippen molar-refractivity contribution in [3.8, 4) is 5.75 Å². The molecule has 2 aromatic carbocycles. The number of rotatable bonds is 5. The van der Waals surface area contributed by atoms with Crippen LogP contribution in [0, 0.1) is 6.92 Å². The first-order valence-electron chi connectivity index (χ1n) is 7.39. The molecular weight excluding hydrogens is 292 g/mol. The SMILES string of the molecule is CCOc1ccc(CN(C)C(=S)Nc2ccc(C)cc2)cc1. The van der Waals surface area contributed by atoms with Crippen molar-refractivity contribution in [2.75, 3.05) is 19.0 Å². The molecule has 0 unspecified atom stereocenters. The van der Waals surface area contributed by atoms with Crippen LogP contribution in [-0.4, -0.2) is 23.7 Å². The number of hydrogen-bond donors (Lipinski definition) is 1. The van der Waals surface area contributed by atoms with Gasteiger partial charge in [0.1, 0.15) is 5.75 Å². The van der Waals surface area contributed by atoms with Crippen LogP contribution in [0.25, 0.3) is 0 Å². The van der Waals surface area contributed by atoms with Crippen LogP contribution in [0.2, 0.25) is 0 Å². The molecule has 2 rings (SSSR count). The molecule has 0 radical (unpaired) electrons. The Hall–Kier alpha value is -2.07. The first-order valence-corrected chi connectivity index (χ1v) is 7.80. The molecular formula is C18H22N2OS. The van der Waals surface area contributed by atoms with Gasteiger partial charge in [0.25, 0.3) is 0 Å². The lowest BCUT2D eigenvalue weighted by Crippen LogP contribution is -2.30. The summed E-state index contributed by atoms with van der Waals surface area (Å²) in [5.41, 5.74) is 3.44. The van der Waals surface area contributed by atoms with Gasteiger partial charge in [0.05, 0.1) is 6.61 Å². The van der Waals surface area contributed by atoms with Gasteiger partial charge in [-0.1, -0.05) is 29.8 Å². The molecule has 0 saturated carbocycles. The molecule has 1 N–H and O–H groups in total. The summed E-state index contributed by atoms with van der Waals surface area (Å²) in [6, 6.07) is 16.3. The summed E-state index contributed by atoms with van der Waals surface area (Å²) < 4.78 is 5.45. The Labute approximate surface area is 137 Å². The van der Waals surface area contributed by atoms with Crippen molar-refractivity contribution in [2.24, 2.45) is 0 Å². The van der Waals surface area contributed by atoms with E-state index >= 15 is 0 Å². The Bertz CT molecular complexity index is 608. The summed E-state index contributed by atoms with van der Waals surface area (Å²) in [7, 11) is 1.99. The van der Waals surface area contributed by atoms with Gasteiger partial charge in [-0.15, -0.1) is 0 Å². The number of anilines is 1. The van der Waals surface area contributed by atoms with Crippen LogP contribution in [0.15, 0.2) is 48.5 Å². The van der Waals surface area contributed by atoms with Gasteiger partial charge in [0.15, 0.2) is 5.11 Å². The third-order valence-electron chi connectivity index (χ3n) is 3.30. The molecule has 0 aliphatic carbocycles. The number of benzene rings is 2. The lowest BCUT2D eigenvalue weighted by Gasteiger charge is -2.21. The largest absolute Gasteiger partial charge is 0.494 e. The molecule has 0 atom stereocenters. The highest BCUT2D eigenvalue weighted by molar-refractivity contribution is 7.80. The van der Waals surface area contributed by atoms with E-state index in [0.717, 1.165) is 18.0 Å². The predicted octanol–water partition coefficient (Wildman–Crippen LogP) is 4.22. The molecule has 0 bridgehead atoms. The highest BCUT2D eigenvalue weighted by atomic mass is 32.1. The normalized spacial score (nSPS) is 10.1. The van der Waals surface area contributed by atoms with Crippen molar-refractivity contribution < 1.29 is 4.74 Å². The predicted molar refractivity (Wildman–Crippen MR) is 96.5 cm³/mol. The van der Waals surface area contributed by atoms with Crippen LogP contribution in [0.5, 0.6) is 5.75 Å². The average molecular weight is 314 g/mol. The zero-order chi connectivity index (χ0) is 15.9. The quantitative estimate of drug-likeness (QED) is 0.835. The van der Waals surface area contributed by atoms with E-state index in [4.69, 9.17) is 17.0 Å². The van der Waals surface area contributed by atoms with E-state index in [9.17, 15) is 0 Å². The topological polar surface area (TPSA) is 24.5 Å². The third-order valence-corrected chi connectivity index (χ3v) is 3.72. The lowest BCUT2D eigenvalue weighted by molar-refractivity contribution is 0.340. The van der Waals surface area contributed by atoms with Crippen LogP contribution in [0.3, 0.4) is 0 Å². The Morgan fingerprint density at radius 3 is 2.32 bits per heavy atom. The summed E-state index contributed by atoms with van der Waals surface area (Å²) >= 11 is 5.45. The maximum atomic E-state index is 5.45. The fourth-order valence-electron chi connectivity index (χ4n) is 2.06. The van der Waals surface area contributed by atoms with E-state index in [1.54, 1.807) is 0 Å². The highest BCUT2D eigenvalue weighted by Crippen LogP contribution is 2.14. The molecule has 2 aromatic rings. The van der Waals surface area contributed by atoms with Crippen LogP contribution < -0.4 is 10.1 Å². The number of thiocarbonyl (C=S) groups is 1. The van der Waals surface area contributed by atoms with Crippen molar-refractivity contribution in [2.45, 2.75) is 20.4 Å². The second-order valence-corrected chi connectivity index (χ2v) is 5.62. The van der Waals surface area contributed by atoms with Crippen LogP contribution >= 0.6 is 12.2 Å². The standard InChI is InChI=1S/C18H22N2OS/c1-4-21-17-11-7-15(8-12-17)13-20(3)18(22)19-16-9-5-14(2)6-10-16/h5-12H,4,13H2,1-3H3,(H,19,22).